The molecule has 2 atom stereocenters. The molecule has 1 saturated carbocycles. The molecule has 1 saturated heterocycles. The van der Waals surface area contributed by atoms with E-state index in [9.17, 15) is 8.78 Å². The van der Waals surface area contributed by atoms with Crippen LogP contribution in [0.15, 0.2) is 12.1 Å². The number of rotatable bonds is 10. The van der Waals surface area contributed by atoms with Crippen molar-refractivity contribution in [3.8, 4) is 5.75 Å². The summed E-state index contributed by atoms with van der Waals surface area (Å²) in [6.45, 7) is 5.33. The van der Waals surface area contributed by atoms with Crippen LogP contribution in [0.4, 0.5) is 8.78 Å². The highest BCUT2D eigenvalue weighted by molar-refractivity contribution is 5.33. The molecule has 0 bridgehead atoms. The van der Waals surface area contributed by atoms with E-state index in [4.69, 9.17) is 14.2 Å². The average Bonchev–Trinajstić information content (AvgIpc) is 2.77. The van der Waals surface area contributed by atoms with E-state index in [-0.39, 0.29) is 17.8 Å². The molecule has 0 N–H and O–H groups in total. The van der Waals surface area contributed by atoms with Crippen molar-refractivity contribution in [3.63, 3.8) is 0 Å². The Hall–Kier alpha value is -1.20. The summed E-state index contributed by atoms with van der Waals surface area (Å²) in [6, 6.07) is 3.15. The van der Waals surface area contributed by atoms with Crippen LogP contribution in [-0.4, -0.2) is 32.0 Å². The third kappa shape index (κ3) is 6.40. The molecule has 3 rings (SSSR count). The van der Waals surface area contributed by atoms with Gasteiger partial charge in [0.2, 0.25) is 5.82 Å². The molecule has 5 heteroatoms. The van der Waals surface area contributed by atoms with E-state index in [2.05, 4.69) is 6.92 Å². The average molecular weight is 425 g/mol. The van der Waals surface area contributed by atoms with Gasteiger partial charge in [0.15, 0.2) is 11.6 Å². The zero-order chi connectivity index (χ0) is 21.3. The molecule has 1 aromatic carbocycles. The summed E-state index contributed by atoms with van der Waals surface area (Å²) >= 11 is 0. The maximum atomic E-state index is 14.5. The summed E-state index contributed by atoms with van der Waals surface area (Å²) in [4.78, 5) is 0. The standard InChI is InChI=1S/C25H38F2O3/c1-3-5-6-7-18-8-11-20(12-9-18)30-17-21-13-10-19(16-29-21)22-14-15-23(28-4-2)25(27)24(22)26/h14-15,18-21H,3-13,16-17H2,1-2H3. The molecule has 1 aromatic rings. The third-order valence-electron chi connectivity index (χ3n) is 6.71. The zero-order valence-electron chi connectivity index (χ0n) is 18.6. The summed E-state index contributed by atoms with van der Waals surface area (Å²) < 4.78 is 45.8. The minimum atomic E-state index is -0.898. The number of halogens is 2. The first kappa shape index (κ1) is 23.5. The molecule has 1 aliphatic heterocycles. The van der Waals surface area contributed by atoms with Gasteiger partial charge in [-0.05, 0) is 63.0 Å². The van der Waals surface area contributed by atoms with E-state index >= 15 is 0 Å². The second kappa shape index (κ2) is 12.0. The SMILES string of the molecule is CCCCCC1CCC(OCC2CCC(c3ccc(OCC)c(F)c3F)CO2)CC1. The van der Waals surface area contributed by atoms with E-state index < -0.39 is 11.6 Å². The van der Waals surface area contributed by atoms with Crippen molar-refractivity contribution >= 4 is 0 Å². The van der Waals surface area contributed by atoms with E-state index in [1.165, 1.54) is 44.6 Å². The second-order valence-corrected chi connectivity index (χ2v) is 8.92. The zero-order valence-corrected chi connectivity index (χ0v) is 18.6. The molecule has 1 aliphatic carbocycles. The van der Waals surface area contributed by atoms with Gasteiger partial charge in [0.25, 0.3) is 0 Å². The minimum absolute atomic E-state index is 0.0261. The second-order valence-electron chi connectivity index (χ2n) is 8.92. The first-order valence-electron chi connectivity index (χ1n) is 12.0. The maximum Gasteiger partial charge on any atom is 0.200 e. The highest BCUT2D eigenvalue weighted by Crippen LogP contribution is 2.34. The fourth-order valence-corrected chi connectivity index (χ4v) is 4.83. The molecule has 3 nitrogen and oxygen atoms in total. The van der Waals surface area contributed by atoms with E-state index in [1.807, 2.05) is 0 Å². The van der Waals surface area contributed by atoms with Gasteiger partial charge in [0, 0.05) is 5.92 Å². The number of hydrogen-bond acceptors (Lipinski definition) is 3. The van der Waals surface area contributed by atoms with E-state index in [0.29, 0.717) is 31.5 Å². The van der Waals surface area contributed by atoms with Gasteiger partial charge < -0.3 is 14.2 Å². The molecule has 170 valence electrons. The highest BCUT2D eigenvalue weighted by Gasteiger charge is 2.28. The van der Waals surface area contributed by atoms with Gasteiger partial charge in [-0.1, -0.05) is 38.7 Å². The first-order chi connectivity index (χ1) is 14.6. The lowest BCUT2D eigenvalue weighted by Gasteiger charge is -2.32. The summed E-state index contributed by atoms with van der Waals surface area (Å²) in [6.07, 6.45) is 12.3. The first-order valence-corrected chi connectivity index (χ1v) is 12.0. The normalized spacial score (nSPS) is 27.2. The van der Waals surface area contributed by atoms with Crippen LogP contribution in [0.3, 0.4) is 0 Å². The quantitative estimate of drug-likeness (QED) is 0.387. The molecule has 0 aromatic heterocycles. The Morgan fingerprint density at radius 3 is 2.43 bits per heavy atom. The lowest BCUT2D eigenvalue weighted by molar-refractivity contribution is -0.0781. The number of hydrogen-bond donors (Lipinski definition) is 0. The van der Waals surface area contributed by atoms with Crippen LogP contribution < -0.4 is 4.74 Å². The summed E-state index contributed by atoms with van der Waals surface area (Å²) in [5.74, 6) is -0.968. The van der Waals surface area contributed by atoms with Crippen LogP contribution in [0.2, 0.25) is 0 Å². The Morgan fingerprint density at radius 2 is 1.77 bits per heavy atom. The molecule has 2 fully saturated rings. The van der Waals surface area contributed by atoms with Crippen LogP contribution in [-0.2, 0) is 9.47 Å². The third-order valence-corrected chi connectivity index (χ3v) is 6.71. The Morgan fingerprint density at radius 1 is 0.967 bits per heavy atom. The van der Waals surface area contributed by atoms with Gasteiger partial charge in [-0.25, -0.2) is 4.39 Å². The highest BCUT2D eigenvalue weighted by atomic mass is 19.2. The fourth-order valence-electron chi connectivity index (χ4n) is 4.83. The van der Waals surface area contributed by atoms with Crippen molar-refractivity contribution in [3.05, 3.63) is 29.3 Å². The smallest absolute Gasteiger partial charge is 0.200 e. The van der Waals surface area contributed by atoms with Crippen molar-refractivity contribution in [2.24, 2.45) is 5.92 Å². The summed E-state index contributed by atoms with van der Waals surface area (Å²) in [5, 5.41) is 0. The topological polar surface area (TPSA) is 27.7 Å². The van der Waals surface area contributed by atoms with Gasteiger partial charge in [-0.2, -0.15) is 4.39 Å². The van der Waals surface area contributed by atoms with Crippen LogP contribution in [0.25, 0.3) is 0 Å². The molecule has 30 heavy (non-hydrogen) atoms. The Bertz CT molecular complexity index is 636. The molecule has 1 heterocycles. The van der Waals surface area contributed by atoms with Crippen molar-refractivity contribution in [2.45, 2.75) is 96.2 Å². The van der Waals surface area contributed by atoms with Crippen molar-refractivity contribution in [1.29, 1.82) is 0 Å². The predicted octanol–water partition coefficient (Wildman–Crippen LogP) is 6.78. The number of ether oxygens (including phenoxy) is 3. The van der Waals surface area contributed by atoms with Crippen molar-refractivity contribution in [2.75, 3.05) is 19.8 Å². The molecule has 0 amide bonds. The monoisotopic (exact) mass is 424 g/mol. The maximum absolute atomic E-state index is 14.5. The van der Waals surface area contributed by atoms with Crippen LogP contribution in [0.1, 0.15) is 89.5 Å². The van der Waals surface area contributed by atoms with Gasteiger partial charge in [-0.3, -0.25) is 0 Å². The van der Waals surface area contributed by atoms with Crippen LogP contribution in [0.5, 0.6) is 5.75 Å². The Labute approximate surface area is 180 Å². The molecule has 2 unspecified atom stereocenters. The lowest BCUT2D eigenvalue weighted by Crippen LogP contribution is -2.32. The largest absolute Gasteiger partial charge is 0.491 e. The number of benzene rings is 1. The van der Waals surface area contributed by atoms with Crippen molar-refractivity contribution < 1.29 is 23.0 Å². The van der Waals surface area contributed by atoms with Crippen LogP contribution in [0, 0.1) is 17.6 Å². The van der Waals surface area contributed by atoms with Gasteiger partial charge in [0.05, 0.1) is 32.0 Å². The van der Waals surface area contributed by atoms with E-state index in [0.717, 1.165) is 31.6 Å². The Balaban J connectivity index is 1.38. The molecular formula is C25H38F2O3. The fraction of sp³-hybridized carbons (Fsp3) is 0.760. The summed E-state index contributed by atoms with van der Waals surface area (Å²) in [5.41, 5.74) is 0.386. The predicted molar refractivity (Wildman–Crippen MR) is 115 cm³/mol. The Kier molecular flexibility index (Phi) is 9.38. The molecule has 0 radical (unpaired) electrons. The minimum Gasteiger partial charge on any atom is -0.491 e. The van der Waals surface area contributed by atoms with Gasteiger partial charge >= 0.3 is 0 Å². The van der Waals surface area contributed by atoms with Gasteiger partial charge in [0.1, 0.15) is 0 Å². The van der Waals surface area contributed by atoms with Gasteiger partial charge in [-0.15, -0.1) is 0 Å². The molecular weight excluding hydrogens is 386 g/mol. The van der Waals surface area contributed by atoms with E-state index in [1.54, 1.807) is 13.0 Å². The number of unbranched alkanes of at least 4 members (excludes halogenated alkanes) is 2. The lowest BCUT2D eigenvalue weighted by atomic mass is 9.84. The summed E-state index contributed by atoms with van der Waals surface area (Å²) in [7, 11) is 0. The molecule has 0 spiro atoms. The van der Waals surface area contributed by atoms with Crippen LogP contribution >= 0.6 is 0 Å². The molecule has 2 aliphatic rings. The van der Waals surface area contributed by atoms with Crippen molar-refractivity contribution in [1.82, 2.24) is 0 Å².